The highest BCUT2D eigenvalue weighted by Gasteiger charge is 2.13. The molecule has 0 amide bonds. The average Bonchev–Trinajstić information content (AvgIpc) is 2.49. The van der Waals surface area contributed by atoms with Gasteiger partial charge in [-0.3, -0.25) is 0 Å². The second-order valence-corrected chi connectivity index (χ2v) is 5.54. The molecule has 0 bridgehead atoms. The van der Waals surface area contributed by atoms with E-state index < -0.39 is 0 Å². The van der Waals surface area contributed by atoms with Crippen LogP contribution >= 0.6 is 0 Å². The van der Waals surface area contributed by atoms with Gasteiger partial charge in [0.2, 0.25) is 0 Å². The van der Waals surface area contributed by atoms with E-state index in [-0.39, 0.29) is 0 Å². The molecule has 2 rings (SSSR count). The lowest BCUT2D eigenvalue weighted by Crippen LogP contribution is -2.22. The molecule has 118 valence electrons. The van der Waals surface area contributed by atoms with Gasteiger partial charge in [0.1, 0.15) is 17.5 Å². The van der Waals surface area contributed by atoms with Gasteiger partial charge in [-0.05, 0) is 39.0 Å². The van der Waals surface area contributed by atoms with Crippen LogP contribution in [-0.4, -0.2) is 35.8 Å². The number of hydrogen-bond acceptors (Lipinski definition) is 5. The smallest absolute Gasteiger partial charge is 0.133 e. The van der Waals surface area contributed by atoms with Gasteiger partial charge in [-0.25, -0.2) is 9.97 Å². The van der Waals surface area contributed by atoms with E-state index >= 15 is 0 Å². The molecule has 2 N–H and O–H groups in total. The third-order valence-corrected chi connectivity index (χ3v) is 3.65. The van der Waals surface area contributed by atoms with Crippen LogP contribution in [0.15, 0.2) is 6.07 Å². The van der Waals surface area contributed by atoms with Crippen molar-refractivity contribution in [2.24, 2.45) is 0 Å². The number of aromatic nitrogens is 2. The Bertz CT molecular complexity index is 394. The molecule has 1 saturated heterocycles. The van der Waals surface area contributed by atoms with Crippen molar-refractivity contribution in [2.75, 3.05) is 30.3 Å². The Balaban J connectivity index is 1.87. The van der Waals surface area contributed by atoms with E-state index in [0.29, 0.717) is 6.10 Å². The fourth-order valence-corrected chi connectivity index (χ4v) is 2.59. The molecule has 0 spiro atoms. The van der Waals surface area contributed by atoms with Crippen LogP contribution < -0.4 is 10.6 Å². The number of aryl methyl sites for hydroxylation is 1. The second-order valence-electron chi connectivity index (χ2n) is 5.54. The maximum atomic E-state index is 5.76. The molecule has 1 atom stereocenters. The van der Waals surface area contributed by atoms with Gasteiger partial charge in [-0.2, -0.15) is 0 Å². The topological polar surface area (TPSA) is 59.1 Å². The largest absolute Gasteiger partial charge is 0.378 e. The van der Waals surface area contributed by atoms with Crippen LogP contribution in [0, 0.1) is 0 Å². The minimum absolute atomic E-state index is 0.413. The maximum absolute atomic E-state index is 5.76. The number of nitrogens with one attached hydrogen (secondary N) is 2. The molecule has 0 radical (unpaired) electrons. The van der Waals surface area contributed by atoms with Crippen molar-refractivity contribution in [1.29, 1.82) is 0 Å². The van der Waals surface area contributed by atoms with Crippen LogP contribution in [0.5, 0.6) is 0 Å². The summed E-state index contributed by atoms with van der Waals surface area (Å²) < 4.78 is 5.76. The summed E-state index contributed by atoms with van der Waals surface area (Å²) in [5.41, 5.74) is 0. The zero-order valence-corrected chi connectivity index (χ0v) is 13.3. The summed E-state index contributed by atoms with van der Waals surface area (Å²) in [6.07, 6.45) is 7.13. The summed E-state index contributed by atoms with van der Waals surface area (Å²) in [5, 5.41) is 6.69. The number of anilines is 2. The third-order valence-electron chi connectivity index (χ3n) is 3.65. The van der Waals surface area contributed by atoms with E-state index in [1.54, 1.807) is 0 Å². The lowest BCUT2D eigenvalue weighted by molar-refractivity contribution is 0.0134. The number of rotatable bonds is 8. The number of ether oxygens (including phenoxy) is 1. The molecule has 2 heterocycles. The quantitative estimate of drug-likeness (QED) is 0.770. The van der Waals surface area contributed by atoms with Crippen molar-refractivity contribution in [3.8, 4) is 0 Å². The Morgan fingerprint density at radius 3 is 2.67 bits per heavy atom. The molecule has 21 heavy (non-hydrogen) atoms. The molecule has 0 saturated carbocycles. The van der Waals surface area contributed by atoms with Crippen LogP contribution in [-0.2, 0) is 11.2 Å². The maximum Gasteiger partial charge on any atom is 0.133 e. The summed E-state index contributed by atoms with van der Waals surface area (Å²) in [6.45, 7) is 6.92. The van der Waals surface area contributed by atoms with Gasteiger partial charge in [-0.1, -0.05) is 6.92 Å². The zero-order chi connectivity index (χ0) is 14.9. The molecule has 0 aliphatic carbocycles. The van der Waals surface area contributed by atoms with E-state index in [2.05, 4.69) is 34.4 Å². The Morgan fingerprint density at radius 2 is 2.00 bits per heavy atom. The van der Waals surface area contributed by atoms with Crippen molar-refractivity contribution in [1.82, 2.24) is 9.97 Å². The summed E-state index contributed by atoms with van der Waals surface area (Å²) >= 11 is 0. The summed E-state index contributed by atoms with van der Waals surface area (Å²) in [5.74, 6) is 2.74. The fourth-order valence-electron chi connectivity index (χ4n) is 2.59. The van der Waals surface area contributed by atoms with Crippen LogP contribution in [0.25, 0.3) is 0 Å². The van der Waals surface area contributed by atoms with Gasteiger partial charge in [0, 0.05) is 32.2 Å². The van der Waals surface area contributed by atoms with Gasteiger partial charge in [0.15, 0.2) is 0 Å². The molecule has 0 aromatic carbocycles. The molecule has 5 heteroatoms. The summed E-state index contributed by atoms with van der Waals surface area (Å²) in [7, 11) is 0. The van der Waals surface area contributed by atoms with E-state index in [0.717, 1.165) is 56.4 Å². The highest BCUT2D eigenvalue weighted by atomic mass is 16.5. The van der Waals surface area contributed by atoms with Crippen LogP contribution in [0.3, 0.4) is 0 Å². The van der Waals surface area contributed by atoms with Gasteiger partial charge in [0.05, 0.1) is 6.10 Å². The molecule has 1 aliphatic heterocycles. The Hall–Kier alpha value is -1.36. The summed E-state index contributed by atoms with van der Waals surface area (Å²) in [4.78, 5) is 9.11. The molecule has 1 fully saturated rings. The monoisotopic (exact) mass is 292 g/mol. The molecule has 1 aromatic heterocycles. The van der Waals surface area contributed by atoms with E-state index in [1.165, 1.54) is 19.3 Å². The molecule has 5 nitrogen and oxygen atoms in total. The normalized spacial score (nSPS) is 18.5. The number of nitrogens with zero attached hydrogens (tertiary/aromatic N) is 2. The lowest BCUT2D eigenvalue weighted by Gasteiger charge is -2.22. The van der Waals surface area contributed by atoms with E-state index in [9.17, 15) is 0 Å². The fraction of sp³-hybridized carbons (Fsp3) is 0.750. The molecular weight excluding hydrogens is 264 g/mol. The van der Waals surface area contributed by atoms with Crippen LogP contribution in [0.1, 0.15) is 51.8 Å². The van der Waals surface area contributed by atoms with Crippen molar-refractivity contribution >= 4 is 11.6 Å². The first kappa shape index (κ1) is 16.0. The first-order valence-electron chi connectivity index (χ1n) is 8.29. The Morgan fingerprint density at radius 1 is 1.19 bits per heavy atom. The minimum Gasteiger partial charge on any atom is -0.378 e. The Kier molecular flexibility index (Phi) is 6.73. The first-order chi connectivity index (χ1) is 10.3. The zero-order valence-electron chi connectivity index (χ0n) is 13.3. The van der Waals surface area contributed by atoms with Gasteiger partial charge >= 0.3 is 0 Å². The van der Waals surface area contributed by atoms with E-state index in [1.807, 2.05) is 6.07 Å². The van der Waals surface area contributed by atoms with Crippen LogP contribution in [0.2, 0.25) is 0 Å². The van der Waals surface area contributed by atoms with Crippen LogP contribution in [0.4, 0.5) is 11.6 Å². The second kappa shape index (κ2) is 8.82. The Labute approximate surface area is 127 Å². The van der Waals surface area contributed by atoms with Crippen molar-refractivity contribution < 1.29 is 4.74 Å². The third kappa shape index (κ3) is 5.50. The van der Waals surface area contributed by atoms with Gasteiger partial charge < -0.3 is 15.4 Å². The highest BCUT2D eigenvalue weighted by Crippen LogP contribution is 2.17. The molecular formula is C16H28N4O. The van der Waals surface area contributed by atoms with Crippen molar-refractivity contribution in [2.45, 2.75) is 58.5 Å². The van der Waals surface area contributed by atoms with Crippen molar-refractivity contribution in [3.63, 3.8) is 0 Å². The van der Waals surface area contributed by atoms with Gasteiger partial charge in [0.25, 0.3) is 0 Å². The average molecular weight is 292 g/mol. The minimum atomic E-state index is 0.413. The summed E-state index contributed by atoms with van der Waals surface area (Å²) in [6, 6.07) is 1.99. The lowest BCUT2D eigenvalue weighted by atomic mass is 10.1. The standard InChI is InChI=1S/C16H28N4O/c1-3-7-14-19-15(17-4-2)12-16(20-14)18-10-9-13-8-5-6-11-21-13/h12-13H,3-11H2,1-2H3,(H2,17,18,19,20). The first-order valence-corrected chi connectivity index (χ1v) is 8.29. The van der Waals surface area contributed by atoms with E-state index in [4.69, 9.17) is 4.74 Å². The predicted octanol–water partition coefficient (Wildman–Crippen LogP) is 3.23. The molecule has 1 unspecified atom stereocenters. The SMILES string of the molecule is CCCc1nc(NCC)cc(NCCC2CCCCO2)n1. The predicted molar refractivity (Wildman–Crippen MR) is 86.9 cm³/mol. The molecule has 1 aliphatic rings. The number of hydrogen-bond donors (Lipinski definition) is 2. The molecule has 1 aromatic rings. The van der Waals surface area contributed by atoms with Gasteiger partial charge in [-0.15, -0.1) is 0 Å². The van der Waals surface area contributed by atoms with Crippen molar-refractivity contribution in [3.05, 3.63) is 11.9 Å². The highest BCUT2D eigenvalue weighted by molar-refractivity contribution is 5.47.